The SMILES string of the molecule is O=C(c1cccc(S(=O)(=O)Nc2ccc(F)cc2)c1)N1CCN(c2ccccc2O)CC1. The van der Waals surface area contributed by atoms with Gasteiger partial charge in [-0.05, 0) is 54.6 Å². The summed E-state index contributed by atoms with van der Waals surface area (Å²) in [6.45, 7) is 1.98. The molecule has 32 heavy (non-hydrogen) atoms. The Balaban J connectivity index is 1.45. The van der Waals surface area contributed by atoms with Crippen molar-refractivity contribution < 1.29 is 22.7 Å². The second kappa shape index (κ2) is 8.88. The van der Waals surface area contributed by atoms with E-state index in [-0.39, 0.29) is 27.8 Å². The van der Waals surface area contributed by atoms with Crippen LogP contribution in [0.25, 0.3) is 0 Å². The van der Waals surface area contributed by atoms with E-state index in [1.807, 2.05) is 17.0 Å². The molecule has 1 fully saturated rings. The monoisotopic (exact) mass is 455 g/mol. The van der Waals surface area contributed by atoms with E-state index in [1.165, 1.54) is 30.3 Å². The number of hydrogen-bond acceptors (Lipinski definition) is 5. The first kappa shape index (κ1) is 21.6. The van der Waals surface area contributed by atoms with Crippen molar-refractivity contribution in [3.63, 3.8) is 0 Å². The number of sulfonamides is 1. The number of piperazine rings is 1. The van der Waals surface area contributed by atoms with Crippen LogP contribution in [0.2, 0.25) is 0 Å². The predicted molar refractivity (Wildman–Crippen MR) is 120 cm³/mol. The van der Waals surface area contributed by atoms with Crippen molar-refractivity contribution in [3.8, 4) is 5.75 Å². The number of rotatable bonds is 5. The molecule has 1 aliphatic heterocycles. The highest BCUT2D eigenvalue weighted by atomic mass is 32.2. The van der Waals surface area contributed by atoms with Crippen molar-refractivity contribution in [2.24, 2.45) is 0 Å². The summed E-state index contributed by atoms with van der Waals surface area (Å²) in [5, 5.41) is 10.0. The number of nitrogens with one attached hydrogen (secondary N) is 1. The van der Waals surface area contributed by atoms with Crippen molar-refractivity contribution in [1.29, 1.82) is 0 Å². The van der Waals surface area contributed by atoms with Gasteiger partial charge in [0.25, 0.3) is 15.9 Å². The van der Waals surface area contributed by atoms with Crippen molar-refractivity contribution in [2.75, 3.05) is 35.8 Å². The molecule has 1 amide bonds. The minimum atomic E-state index is -3.94. The molecule has 166 valence electrons. The number of phenols is 1. The Morgan fingerprint density at radius 2 is 1.59 bits per heavy atom. The van der Waals surface area contributed by atoms with E-state index in [2.05, 4.69) is 4.72 Å². The Morgan fingerprint density at radius 1 is 0.906 bits per heavy atom. The normalized spacial score (nSPS) is 14.3. The zero-order chi connectivity index (χ0) is 22.7. The predicted octanol–water partition coefficient (Wildman–Crippen LogP) is 3.29. The van der Waals surface area contributed by atoms with Crippen LogP contribution < -0.4 is 9.62 Å². The molecule has 0 aliphatic carbocycles. The molecule has 4 rings (SSSR count). The minimum Gasteiger partial charge on any atom is -0.506 e. The third kappa shape index (κ3) is 4.67. The molecule has 7 nitrogen and oxygen atoms in total. The number of nitrogens with zero attached hydrogens (tertiary/aromatic N) is 2. The highest BCUT2D eigenvalue weighted by molar-refractivity contribution is 7.92. The van der Waals surface area contributed by atoms with Crippen LogP contribution in [0, 0.1) is 5.82 Å². The molecule has 1 heterocycles. The van der Waals surface area contributed by atoms with Crippen LogP contribution in [0.1, 0.15) is 10.4 Å². The van der Waals surface area contributed by atoms with E-state index in [4.69, 9.17) is 0 Å². The largest absolute Gasteiger partial charge is 0.506 e. The van der Waals surface area contributed by atoms with Crippen molar-refractivity contribution in [3.05, 3.63) is 84.2 Å². The second-order valence-electron chi connectivity index (χ2n) is 7.41. The van der Waals surface area contributed by atoms with E-state index in [0.717, 1.165) is 17.8 Å². The van der Waals surface area contributed by atoms with Gasteiger partial charge in [-0.15, -0.1) is 0 Å². The number of amides is 1. The van der Waals surface area contributed by atoms with Gasteiger partial charge in [0.05, 0.1) is 10.6 Å². The highest BCUT2D eigenvalue weighted by Gasteiger charge is 2.24. The average Bonchev–Trinajstić information content (AvgIpc) is 2.80. The number of carbonyl (C=O) groups is 1. The highest BCUT2D eigenvalue weighted by Crippen LogP contribution is 2.27. The van der Waals surface area contributed by atoms with E-state index in [0.29, 0.717) is 26.2 Å². The lowest BCUT2D eigenvalue weighted by Gasteiger charge is -2.36. The van der Waals surface area contributed by atoms with Gasteiger partial charge in [0.1, 0.15) is 11.6 Å². The molecule has 0 saturated carbocycles. The van der Waals surface area contributed by atoms with E-state index in [9.17, 15) is 22.7 Å². The van der Waals surface area contributed by atoms with Crippen molar-refractivity contribution >= 4 is 27.3 Å². The van der Waals surface area contributed by atoms with Crippen LogP contribution in [0.15, 0.2) is 77.7 Å². The fourth-order valence-corrected chi connectivity index (χ4v) is 4.70. The van der Waals surface area contributed by atoms with Gasteiger partial charge < -0.3 is 14.9 Å². The Labute approximate surface area is 185 Å². The van der Waals surface area contributed by atoms with Gasteiger partial charge in [-0.1, -0.05) is 18.2 Å². The molecule has 1 saturated heterocycles. The third-order valence-corrected chi connectivity index (χ3v) is 6.66. The summed E-state index contributed by atoms with van der Waals surface area (Å²) >= 11 is 0. The summed E-state index contributed by atoms with van der Waals surface area (Å²) in [7, 11) is -3.94. The number of para-hydroxylation sites is 2. The van der Waals surface area contributed by atoms with Crippen molar-refractivity contribution in [1.82, 2.24) is 4.90 Å². The summed E-state index contributed by atoms with van der Waals surface area (Å²) in [6.07, 6.45) is 0. The smallest absolute Gasteiger partial charge is 0.261 e. The van der Waals surface area contributed by atoms with Crippen LogP contribution in [0.4, 0.5) is 15.8 Å². The summed E-state index contributed by atoms with van der Waals surface area (Å²) in [5.41, 5.74) is 1.21. The van der Waals surface area contributed by atoms with E-state index < -0.39 is 15.8 Å². The van der Waals surface area contributed by atoms with Gasteiger partial charge in [0, 0.05) is 37.4 Å². The first-order valence-electron chi connectivity index (χ1n) is 10.0. The maximum absolute atomic E-state index is 13.1. The average molecular weight is 456 g/mol. The summed E-state index contributed by atoms with van der Waals surface area (Å²) in [6, 6.07) is 17.9. The van der Waals surface area contributed by atoms with Gasteiger partial charge >= 0.3 is 0 Å². The van der Waals surface area contributed by atoms with Gasteiger partial charge in [-0.3, -0.25) is 9.52 Å². The van der Waals surface area contributed by atoms with Gasteiger partial charge in [0.2, 0.25) is 0 Å². The van der Waals surface area contributed by atoms with Gasteiger partial charge in [0.15, 0.2) is 0 Å². The number of phenolic OH excluding ortho intramolecular Hbond substituents is 1. The first-order valence-corrected chi connectivity index (χ1v) is 11.5. The topological polar surface area (TPSA) is 90.0 Å². The number of anilines is 2. The molecule has 0 unspecified atom stereocenters. The number of halogens is 1. The molecular formula is C23H22FN3O4S. The first-order chi connectivity index (χ1) is 15.3. The van der Waals surface area contributed by atoms with Crippen LogP contribution in [0.5, 0.6) is 5.75 Å². The second-order valence-corrected chi connectivity index (χ2v) is 9.09. The molecular weight excluding hydrogens is 433 g/mol. The summed E-state index contributed by atoms with van der Waals surface area (Å²) in [4.78, 5) is 16.6. The lowest BCUT2D eigenvalue weighted by atomic mass is 10.1. The van der Waals surface area contributed by atoms with Crippen LogP contribution in [-0.4, -0.2) is 50.5 Å². The van der Waals surface area contributed by atoms with Gasteiger partial charge in [-0.25, -0.2) is 12.8 Å². The fraction of sp³-hybridized carbons (Fsp3) is 0.174. The third-order valence-electron chi connectivity index (χ3n) is 5.28. The molecule has 1 aliphatic rings. The number of carbonyl (C=O) groups excluding carboxylic acids is 1. The Bertz CT molecular complexity index is 1220. The molecule has 2 N–H and O–H groups in total. The number of aromatic hydroxyl groups is 1. The number of benzene rings is 3. The standard InChI is InChI=1S/C23H22FN3O4S/c24-18-8-10-19(11-9-18)25-32(30,31)20-5-3-4-17(16-20)23(29)27-14-12-26(13-15-27)21-6-1-2-7-22(21)28/h1-11,16,25,28H,12-15H2. The van der Waals surface area contributed by atoms with Gasteiger partial charge in [-0.2, -0.15) is 0 Å². The lowest BCUT2D eigenvalue weighted by molar-refractivity contribution is 0.0746. The molecule has 0 aromatic heterocycles. The minimum absolute atomic E-state index is 0.0551. The maximum Gasteiger partial charge on any atom is 0.261 e. The molecule has 0 spiro atoms. The zero-order valence-electron chi connectivity index (χ0n) is 17.1. The van der Waals surface area contributed by atoms with E-state index in [1.54, 1.807) is 23.1 Å². The van der Waals surface area contributed by atoms with Crippen LogP contribution in [-0.2, 0) is 10.0 Å². The Hall–Kier alpha value is -3.59. The maximum atomic E-state index is 13.1. The van der Waals surface area contributed by atoms with Crippen LogP contribution in [0.3, 0.4) is 0 Å². The van der Waals surface area contributed by atoms with E-state index >= 15 is 0 Å². The fourth-order valence-electron chi connectivity index (χ4n) is 3.59. The molecule has 0 radical (unpaired) electrons. The molecule has 3 aromatic rings. The molecule has 9 heteroatoms. The number of hydrogen-bond donors (Lipinski definition) is 2. The Kier molecular flexibility index (Phi) is 6.00. The zero-order valence-corrected chi connectivity index (χ0v) is 17.9. The van der Waals surface area contributed by atoms with Crippen LogP contribution >= 0.6 is 0 Å². The van der Waals surface area contributed by atoms with Crippen molar-refractivity contribution in [2.45, 2.75) is 4.90 Å². The molecule has 0 bridgehead atoms. The molecule has 3 aromatic carbocycles. The summed E-state index contributed by atoms with van der Waals surface area (Å²) in [5.74, 6) is -0.539. The molecule has 0 atom stereocenters. The summed E-state index contributed by atoms with van der Waals surface area (Å²) < 4.78 is 40.9. The quantitative estimate of drug-likeness (QED) is 0.616. The lowest BCUT2D eigenvalue weighted by Crippen LogP contribution is -2.48. The Morgan fingerprint density at radius 3 is 2.28 bits per heavy atom.